The first kappa shape index (κ1) is 22.5. The summed E-state index contributed by atoms with van der Waals surface area (Å²) in [6.45, 7) is 6.08. The minimum atomic E-state index is -1.19. The minimum absolute atomic E-state index is 0.000939. The van der Waals surface area contributed by atoms with Gasteiger partial charge in [0.2, 0.25) is 0 Å². The molecule has 5 unspecified atom stereocenters. The Balaban J connectivity index is 1.48. The van der Waals surface area contributed by atoms with E-state index in [1.54, 1.807) is 30.0 Å². The molecule has 1 fully saturated rings. The van der Waals surface area contributed by atoms with E-state index in [-0.39, 0.29) is 41.6 Å². The van der Waals surface area contributed by atoms with E-state index in [9.17, 15) is 13.6 Å². The number of hydrogen-bond acceptors (Lipinski definition) is 5. The molecular weight excluding hydrogens is 442 g/mol. The Labute approximate surface area is 197 Å². The molecule has 1 saturated carbocycles. The van der Waals surface area contributed by atoms with Crippen LogP contribution in [0.2, 0.25) is 0 Å². The van der Waals surface area contributed by atoms with E-state index in [1.165, 1.54) is 17.4 Å². The van der Waals surface area contributed by atoms with Crippen LogP contribution in [0.4, 0.5) is 8.78 Å². The summed E-state index contributed by atoms with van der Waals surface area (Å²) in [5, 5.41) is 5.95. The second-order valence-electron chi connectivity index (χ2n) is 10.1. The molecule has 1 aromatic heterocycles. The lowest BCUT2D eigenvalue weighted by molar-refractivity contribution is -0.131. The van der Waals surface area contributed by atoms with E-state index in [0.717, 1.165) is 11.4 Å². The number of alkyl halides is 1. The summed E-state index contributed by atoms with van der Waals surface area (Å²) in [7, 11) is 0. The number of hydrogen-bond donors (Lipinski definition) is 2. The van der Waals surface area contributed by atoms with Crippen molar-refractivity contribution >= 4 is 17.2 Å². The second-order valence-corrected chi connectivity index (χ2v) is 10.9. The molecule has 3 N–H and O–H groups in total. The number of benzene rings is 1. The molecule has 0 radical (unpaired) electrons. The Bertz CT molecular complexity index is 1110. The van der Waals surface area contributed by atoms with E-state index in [0.29, 0.717) is 42.1 Å². The highest BCUT2D eigenvalue weighted by Gasteiger charge is 2.58. The fourth-order valence-electron chi connectivity index (χ4n) is 5.48. The van der Waals surface area contributed by atoms with Crippen molar-refractivity contribution in [3.63, 3.8) is 0 Å². The van der Waals surface area contributed by atoms with Crippen LogP contribution in [0.1, 0.15) is 39.3 Å². The molecule has 1 aromatic carbocycles. The first-order valence-corrected chi connectivity index (χ1v) is 12.5. The number of halogens is 2. The van der Waals surface area contributed by atoms with Gasteiger partial charge in [-0.2, -0.15) is 0 Å². The zero-order valence-corrected chi connectivity index (χ0v) is 20.0. The largest absolute Gasteiger partial charge is 0.371 e. The number of rotatable bonds is 5. The van der Waals surface area contributed by atoms with Gasteiger partial charge in [0.1, 0.15) is 16.5 Å². The predicted molar refractivity (Wildman–Crippen MR) is 125 cm³/mol. The molecular formula is C25H30F2N4OS. The Morgan fingerprint density at radius 1 is 1.36 bits per heavy atom. The smallest absolute Gasteiger partial charge is 0.253 e. The van der Waals surface area contributed by atoms with Crippen molar-refractivity contribution in [2.75, 3.05) is 6.67 Å². The molecule has 0 saturated heterocycles. The van der Waals surface area contributed by atoms with Crippen LogP contribution >= 0.6 is 11.3 Å². The van der Waals surface area contributed by atoms with Crippen molar-refractivity contribution in [3.05, 3.63) is 52.4 Å². The number of allylic oxidation sites excluding steroid dienone is 1. The monoisotopic (exact) mass is 472 g/mol. The van der Waals surface area contributed by atoms with Crippen LogP contribution in [0, 0.1) is 23.6 Å². The van der Waals surface area contributed by atoms with E-state index < -0.39 is 5.67 Å². The molecule has 33 heavy (non-hydrogen) atoms. The number of thiazole rings is 1. The fourth-order valence-corrected chi connectivity index (χ4v) is 6.34. The predicted octanol–water partition coefficient (Wildman–Crippen LogP) is 4.26. The van der Waals surface area contributed by atoms with E-state index in [1.807, 2.05) is 19.2 Å². The van der Waals surface area contributed by atoms with Gasteiger partial charge in [-0.15, -0.1) is 11.3 Å². The normalized spacial score (nSPS) is 31.6. The summed E-state index contributed by atoms with van der Waals surface area (Å²) < 4.78 is 28.9. The SMILES string of the molecule is CC(C)N1CNC2=C(C1=O)C(Cc1csc(-c3ccccc3F)n1)C(N)C(C1CC1(C)F)C2. The quantitative estimate of drug-likeness (QED) is 0.682. The Morgan fingerprint density at radius 3 is 2.76 bits per heavy atom. The number of carbonyl (C=O) groups is 1. The molecule has 176 valence electrons. The fraction of sp³-hybridized carbons (Fsp3) is 0.520. The lowest BCUT2D eigenvalue weighted by atomic mass is 9.70. The standard InChI is InChI=1S/C25H30F2N4OS/c1-13(2)31-12-29-20-9-16(18-10-25(18,3)27)22(28)17(21(20)24(31)32)8-14-11-33-23(30-14)15-6-4-5-7-19(15)26/h4-7,11,13,16-18,22,29H,8-10,12,28H2,1-3H3. The minimum Gasteiger partial charge on any atom is -0.371 e. The molecule has 8 heteroatoms. The van der Waals surface area contributed by atoms with Crippen molar-refractivity contribution in [3.8, 4) is 10.6 Å². The Kier molecular flexibility index (Phi) is 5.56. The molecule has 5 nitrogen and oxygen atoms in total. The molecule has 2 aliphatic carbocycles. The lowest BCUT2D eigenvalue weighted by Crippen LogP contribution is -2.56. The van der Waals surface area contributed by atoms with Crippen LogP contribution < -0.4 is 11.1 Å². The molecule has 5 rings (SSSR count). The third kappa shape index (κ3) is 3.97. The Morgan fingerprint density at radius 2 is 2.09 bits per heavy atom. The highest BCUT2D eigenvalue weighted by Crippen LogP contribution is 2.56. The van der Waals surface area contributed by atoms with Gasteiger partial charge in [0.05, 0.1) is 12.4 Å². The van der Waals surface area contributed by atoms with Crippen LogP contribution in [0.25, 0.3) is 10.6 Å². The highest BCUT2D eigenvalue weighted by molar-refractivity contribution is 7.13. The first-order chi connectivity index (χ1) is 15.7. The number of aromatic nitrogens is 1. The van der Waals surface area contributed by atoms with Crippen molar-refractivity contribution in [2.45, 2.75) is 57.8 Å². The third-order valence-corrected chi connectivity index (χ3v) is 8.43. The zero-order valence-electron chi connectivity index (χ0n) is 19.1. The zero-order chi connectivity index (χ0) is 23.5. The van der Waals surface area contributed by atoms with Gasteiger partial charge in [-0.25, -0.2) is 13.8 Å². The van der Waals surface area contributed by atoms with Gasteiger partial charge in [-0.3, -0.25) is 4.79 Å². The summed E-state index contributed by atoms with van der Waals surface area (Å²) >= 11 is 1.38. The van der Waals surface area contributed by atoms with Crippen LogP contribution in [0.3, 0.4) is 0 Å². The summed E-state index contributed by atoms with van der Waals surface area (Å²) in [6, 6.07) is 6.29. The summed E-state index contributed by atoms with van der Waals surface area (Å²) in [5.41, 5.74) is 8.45. The van der Waals surface area contributed by atoms with Gasteiger partial charge in [-0.1, -0.05) is 12.1 Å². The van der Waals surface area contributed by atoms with Crippen LogP contribution in [0.15, 0.2) is 40.9 Å². The summed E-state index contributed by atoms with van der Waals surface area (Å²) in [5.74, 6) is -0.700. The number of nitrogens with zero attached hydrogens (tertiary/aromatic N) is 2. The molecule has 2 heterocycles. The van der Waals surface area contributed by atoms with E-state index >= 15 is 0 Å². The van der Waals surface area contributed by atoms with E-state index in [4.69, 9.17) is 5.73 Å². The second kappa shape index (κ2) is 8.17. The lowest BCUT2D eigenvalue weighted by Gasteiger charge is -2.44. The van der Waals surface area contributed by atoms with E-state index in [2.05, 4.69) is 10.3 Å². The maximum Gasteiger partial charge on any atom is 0.253 e. The van der Waals surface area contributed by atoms with Gasteiger partial charge in [0, 0.05) is 46.1 Å². The number of amides is 1. The van der Waals surface area contributed by atoms with Crippen LogP contribution in [-0.2, 0) is 11.2 Å². The average molecular weight is 473 g/mol. The molecule has 0 bridgehead atoms. The highest BCUT2D eigenvalue weighted by atomic mass is 32.1. The molecule has 1 aliphatic heterocycles. The maximum absolute atomic E-state index is 14.7. The van der Waals surface area contributed by atoms with Crippen LogP contribution in [-0.4, -0.2) is 40.2 Å². The van der Waals surface area contributed by atoms with Crippen molar-refractivity contribution in [1.82, 2.24) is 15.2 Å². The van der Waals surface area contributed by atoms with Gasteiger partial charge in [-0.05, 0) is 58.1 Å². The molecule has 2 aromatic rings. The summed E-state index contributed by atoms with van der Waals surface area (Å²) in [6.07, 6.45) is 1.59. The molecule has 0 spiro atoms. The topological polar surface area (TPSA) is 71.2 Å². The van der Waals surface area contributed by atoms with Crippen molar-refractivity contribution in [2.24, 2.45) is 23.5 Å². The molecule has 3 aliphatic rings. The van der Waals surface area contributed by atoms with Crippen molar-refractivity contribution < 1.29 is 13.6 Å². The number of nitrogens with one attached hydrogen (secondary N) is 1. The number of carbonyl (C=O) groups excluding carboxylic acids is 1. The van der Waals surface area contributed by atoms with Gasteiger partial charge < -0.3 is 16.0 Å². The van der Waals surface area contributed by atoms with Gasteiger partial charge >= 0.3 is 0 Å². The molecule has 1 amide bonds. The third-order valence-electron chi connectivity index (χ3n) is 7.51. The van der Waals surface area contributed by atoms with Crippen LogP contribution in [0.5, 0.6) is 0 Å². The Hall–Kier alpha value is -2.32. The van der Waals surface area contributed by atoms with Gasteiger partial charge in [0.15, 0.2) is 0 Å². The number of nitrogens with two attached hydrogens (primary N) is 1. The summed E-state index contributed by atoms with van der Waals surface area (Å²) in [4.78, 5) is 20.0. The van der Waals surface area contributed by atoms with Crippen molar-refractivity contribution in [1.29, 1.82) is 0 Å². The van der Waals surface area contributed by atoms with Gasteiger partial charge in [0.25, 0.3) is 5.91 Å². The average Bonchev–Trinajstić information content (AvgIpc) is 3.16. The first-order valence-electron chi connectivity index (χ1n) is 11.6. The molecule has 5 atom stereocenters. The maximum atomic E-state index is 14.7.